The summed E-state index contributed by atoms with van der Waals surface area (Å²) in [6, 6.07) is 7.36. The van der Waals surface area contributed by atoms with Gasteiger partial charge in [0, 0.05) is 17.0 Å². The third-order valence-corrected chi connectivity index (χ3v) is 6.17. The van der Waals surface area contributed by atoms with E-state index in [9.17, 15) is 25.0 Å². The first-order valence-electron chi connectivity index (χ1n) is 9.83. The van der Waals surface area contributed by atoms with Gasteiger partial charge in [0.05, 0.1) is 17.1 Å². The predicted octanol–water partition coefficient (Wildman–Crippen LogP) is 4.50. The minimum absolute atomic E-state index is 0.0856. The number of carbonyl (C=O) groups is 2. The molecule has 0 saturated carbocycles. The number of carbonyl (C=O) groups excluding carboxylic acids is 2. The fourth-order valence-electron chi connectivity index (χ4n) is 3.44. The highest BCUT2D eigenvalue weighted by molar-refractivity contribution is 7.17. The molecule has 0 bridgehead atoms. The van der Waals surface area contributed by atoms with Gasteiger partial charge in [-0.05, 0) is 61.4 Å². The number of benzene rings is 1. The van der Waals surface area contributed by atoms with Gasteiger partial charge in [-0.2, -0.15) is 5.26 Å². The first kappa shape index (κ1) is 22.2. The molecule has 1 aromatic carbocycles. The largest absolute Gasteiger partial charge is 0.462 e. The topological polar surface area (TPSA) is 122 Å². The second kappa shape index (κ2) is 9.53. The Morgan fingerprint density at radius 3 is 2.71 bits per heavy atom. The maximum absolute atomic E-state index is 12.8. The minimum atomic E-state index is -0.655. The molecular weight excluding hydrogens is 418 g/mol. The minimum Gasteiger partial charge on any atom is -0.462 e. The van der Waals surface area contributed by atoms with E-state index in [0.717, 1.165) is 29.7 Å². The fourth-order valence-corrected chi connectivity index (χ4v) is 4.83. The van der Waals surface area contributed by atoms with E-state index in [2.05, 4.69) is 12.2 Å². The van der Waals surface area contributed by atoms with Gasteiger partial charge < -0.3 is 10.1 Å². The number of hydrogen-bond acceptors (Lipinski definition) is 7. The summed E-state index contributed by atoms with van der Waals surface area (Å²) in [4.78, 5) is 36.7. The average molecular weight is 439 g/mol. The zero-order valence-corrected chi connectivity index (χ0v) is 18.0. The summed E-state index contributed by atoms with van der Waals surface area (Å²) in [6.07, 6.45) is 3.86. The molecule has 1 N–H and O–H groups in total. The summed E-state index contributed by atoms with van der Waals surface area (Å²) in [5, 5.41) is 23.3. The van der Waals surface area contributed by atoms with Crippen LogP contribution >= 0.6 is 11.3 Å². The molecule has 1 aliphatic rings. The Hall–Kier alpha value is -3.51. The standard InChI is InChI=1S/C22H21N3O5S/c1-3-30-22(27)19-17-9-4-13(2)10-18(17)31-21(19)24-20(26)15(12-23)11-14-5-7-16(8-6-14)25(28)29/h5-8,11,13H,3-4,9-10H2,1-2H3,(H,24,26)/b15-11+. The Labute approximate surface area is 183 Å². The average Bonchev–Trinajstić information content (AvgIpc) is 3.09. The SMILES string of the molecule is CCOC(=O)c1c(NC(=O)/C(C#N)=C/c2ccc([N+](=O)[O-])cc2)sc2c1CCC(C)C2. The summed E-state index contributed by atoms with van der Waals surface area (Å²) >= 11 is 1.34. The maximum Gasteiger partial charge on any atom is 0.341 e. The number of ether oxygens (including phenoxy) is 1. The molecule has 31 heavy (non-hydrogen) atoms. The number of esters is 1. The number of nitro groups is 1. The van der Waals surface area contributed by atoms with Crippen molar-refractivity contribution in [3.8, 4) is 6.07 Å². The van der Waals surface area contributed by atoms with Crippen molar-refractivity contribution in [2.75, 3.05) is 11.9 Å². The van der Waals surface area contributed by atoms with Gasteiger partial charge >= 0.3 is 5.97 Å². The van der Waals surface area contributed by atoms with E-state index < -0.39 is 16.8 Å². The Bertz CT molecular complexity index is 1100. The summed E-state index contributed by atoms with van der Waals surface area (Å²) < 4.78 is 5.20. The number of hydrogen-bond donors (Lipinski definition) is 1. The van der Waals surface area contributed by atoms with E-state index in [1.54, 1.807) is 6.92 Å². The Kier molecular flexibility index (Phi) is 6.82. The lowest BCUT2D eigenvalue weighted by Crippen LogP contribution is -2.17. The third-order valence-electron chi connectivity index (χ3n) is 5.00. The van der Waals surface area contributed by atoms with Crippen molar-refractivity contribution in [3.05, 3.63) is 61.5 Å². The number of nitrogens with zero attached hydrogens (tertiary/aromatic N) is 2. The number of fused-ring (bicyclic) bond motifs is 1. The van der Waals surface area contributed by atoms with Crippen molar-refractivity contribution in [2.45, 2.75) is 33.1 Å². The van der Waals surface area contributed by atoms with Crippen LogP contribution in [0.15, 0.2) is 29.8 Å². The molecule has 0 fully saturated rings. The highest BCUT2D eigenvalue weighted by Crippen LogP contribution is 2.40. The van der Waals surface area contributed by atoms with Crippen molar-refractivity contribution in [2.24, 2.45) is 5.92 Å². The first-order chi connectivity index (χ1) is 14.8. The molecule has 8 nitrogen and oxygen atoms in total. The second-order valence-electron chi connectivity index (χ2n) is 7.25. The van der Waals surface area contributed by atoms with Crippen molar-refractivity contribution in [1.82, 2.24) is 0 Å². The quantitative estimate of drug-likeness (QED) is 0.232. The zero-order chi connectivity index (χ0) is 22.5. The normalized spacial score (nSPS) is 15.5. The number of nitrogens with one attached hydrogen (secondary N) is 1. The van der Waals surface area contributed by atoms with Gasteiger partial charge in [0.1, 0.15) is 16.6 Å². The second-order valence-corrected chi connectivity index (χ2v) is 8.35. The third kappa shape index (κ3) is 4.98. The van der Waals surface area contributed by atoms with E-state index in [4.69, 9.17) is 4.74 Å². The molecule has 0 aliphatic heterocycles. The van der Waals surface area contributed by atoms with Gasteiger partial charge in [-0.3, -0.25) is 14.9 Å². The number of amides is 1. The molecule has 9 heteroatoms. The molecule has 1 atom stereocenters. The van der Waals surface area contributed by atoms with Crippen LogP contribution in [0.3, 0.4) is 0 Å². The van der Waals surface area contributed by atoms with Crippen LogP contribution in [0.4, 0.5) is 10.7 Å². The summed E-state index contributed by atoms with van der Waals surface area (Å²) in [5.74, 6) is -0.651. The van der Waals surface area contributed by atoms with Crippen LogP contribution in [0, 0.1) is 27.4 Å². The van der Waals surface area contributed by atoms with Gasteiger partial charge in [-0.25, -0.2) is 4.79 Å². The van der Waals surface area contributed by atoms with Crippen LogP contribution in [-0.4, -0.2) is 23.4 Å². The van der Waals surface area contributed by atoms with E-state index in [1.807, 2.05) is 6.07 Å². The molecule has 1 amide bonds. The van der Waals surface area contributed by atoms with Crippen molar-refractivity contribution < 1.29 is 19.2 Å². The Balaban J connectivity index is 1.89. The summed E-state index contributed by atoms with van der Waals surface area (Å²) in [7, 11) is 0. The van der Waals surface area contributed by atoms with Crippen LogP contribution in [0.2, 0.25) is 0 Å². The number of anilines is 1. The lowest BCUT2D eigenvalue weighted by molar-refractivity contribution is -0.384. The highest BCUT2D eigenvalue weighted by Gasteiger charge is 2.29. The Morgan fingerprint density at radius 1 is 1.39 bits per heavy atom. The zero-order valence-electron chi connectivity index (χ0n) is 17.1. The molecule has 0 saturated heterocycles. The monoisotopic (exact) mass is 439 g/mol. The molecular formula is C22H21N3O5S. The summed E-state index contributed by atoms with van der Waals surface area (Å²) in [5.41, 5.74) is 1.49. The molecule has 1 heterocycles. The van der Waals surface area contributed by atoms with Crippen LogP contribution in [-0.2, 0) is 22.4 Å². The molecule has 1 unspecified atom stereocenters. The van der Waals surface area contributed by atoms with E-state index in [-0.39, 0.29) is 17.9 Å². The van der Waals surface area contributed by atoms with Gasteiger partial charge in [0.25, 0.3) is 11.6 Å². The first-order valence-corrected chi connectivity index (χ1v) is 10.6. The number of nitriles is 1. The van der Waals surface area contributed by atoms with Crippen LogP contribution in [0.1, 0.15) is 46.6 Å². The van der Waals surface area contributed by atoms with E-state index in [1.165, 1.54) is 41.7 Å². The van der Waals surface area contributed by atoms with Crippen LogP contribution in [0.25, 0.3) is 6.08 Å². The van der Waals surface area contributed by atoms with Crippen molar-refractivity contribution in [1.29, 1.82) is 5.26 Å². The molecule has 1 aromatic heterocycles. The lowest BCUT2D eigenvalue weighted by Gasteiger charge is -2.18. The highest BCUT2D eigenvalue weighted by atomic mass is 32.1. The lowest BCUT2D eigenvalue weighted by atomic mass is 9.88. The Morgan fingerprint density at radius 2 is 2.10 bits per heavy atom. The van der Waals surface area contributed by atoms with Crippen molar-refractivity contribution >= 4 is 40.0 Å². The van der Waals surface area contributed by atoms with Crippen LogP contribution < -0.4 is 5.32 Å². The molecule has 3 rings (SSSR count). The van der Waals surface area contributed by atoms with E-state index >= 15 is 0 Å². The number of non-ortho nitro benzene ring substituents is 1. The molecule has 160 valence electrons. The fraction of sp³-hybridized carbons (Fsp3) is 0.318. The maximum atomic E-state index is 12.8. The molecule has 0 spiro atoms. The van der Waals surface area contributed by atoms with Crippen molar-refractivity contribution in [3.63, 3.8) is 0 Å². The predicted molar refractivity (Wildman–Crippen MR) is 117 cm³/mol. The molecule has 0 radical (unpaired) electrons. The number of rotatable bonds is 6. The number of thiophene rings is 1. The molecule has 1 aliphatic carbocycles. The van der Waals surface area contributed by atoms with Gasteiger partial charge in [-0.1, -0.05) is 6.92 Å². The van der Waals surface area contributed by atoms with Gasteiger partial charge in [0.15, 0.2) is 0 Å². The van der Waals surface area contributed by atoms with Crippen LogP contribution in [0.5, 0.6) is 0 Å². The molecule has 2 aromatic rings. The van der Waals surface area contributed by atoms with E-state index in [0.29, 0.717) is 22.0 Å². The summed E-state index contributed by atoms with van der Waals surface area (Å²) in [6.45, 7) is 4.08. The van der Waals surface area contributed by atoms with Gasteiger partial charge in [0.2, 0.25) is 0 Å². The van der Waals surface area contributed by atoms with Gasteiger partial charge in [-0.15, -0.1) is 11.3 Å². The number of nitro benzene ring substituents is 1. The smallest absolute Gasteiger partial charge is 0.341 e.